The number of nitrogens with zero attached hydrogens (tertiary/aromatic N) is 1. The Hall–Kier alpha value is -1.14. The van der Waals surface area contributed by atoms with E-state index in [4.69, 9.17) is 0 Å². The number of amides is 2. The Balaban J connectivity index is 1.70. The molecule has 2 heterocycles. The number of hydrogen-bond acceptors (Lipinski definition) is 4. The number of carbonyl (C=O) groups is 2. The number of hydrogen-bond donors (Lipinski definition) is 1. The van der Waals surface area contributed by atoms with Crippen LogP contribution < -0.4 is 10.2 Å². The van der Waals surface area contributed by atoms with E-state index < -0.39 is 0 Å². The molecule has 2 aliphatic rings. The smallest absolute Gasteiger partial charge is 0.238 e. The first-order valence-corrected chi connectivity index (χ1v) is 9.27. The van der Waals surface area contributed by atoms with Gasteiger partial charge in [-0.1, -0.05) is 0 Å². The highest BCUT2D eigenvalue weighted by Crippen LogP contribution is 2.31. The summed E-state index contributed by atoms with van der Waals surface area (Å²) in [5, 5.41) is 3.06. The number of rotatable bonds is 2. The Kier molecular flexibility index (Phi) is 4.45. The lowest BCUT2D eigenvalue weighted by Crippen LogP contribution is -2.30. The number of anilines is 2. The quantitative estimate of drug-likeness (QED) is 0.908. The van der Waals surface area contributed by atoms with Crippen LogP contribution in [0.25, 0.3) is 0 Å². The Morgan fingerprint density at radius 1 is 1.33 bits per heavy atom. The molecule has 1 aromatic rings. The van der Waals surface area contributed by atoms with Crippen molar-refractivity contribution in [3.05, 3.63) is 23.8 Å². The summed E-state index contributed by atoms with van der Waals surface area (Å²) in [5.74, 6) is 3.23. The molecule has 1 fully saturated rings. The van der Waals surface area contributed by atoms with Crippen LogP contribution in [0.2, 0.25) is 0 Å². The molecule has 0 spiro atoms. The highest BCUT2D eigenvalue weighted by atomic mass is 32.2. The molecule has 21 heavy (non-hydrogen) atoms. The fourth-order valence-corrected chi connectivity index (χ4v) is 5.23. The Morgan fingerprint density at radius 2 is 2.19 bits per heavy atom. The van der Waals surface area contributed by atoms with Gasteiger partial charge in [-0.05, 0) is 30.2 Å². The van der Waals surface area contributed by atoms with Crippen molar-refractivity contribution >= 4 is 46.7 Å². The van der Waals surface area contributed by atoms with Gasteiger partial charge in [0.05, 0.1) is 5.25 Å². The Morgan fingerprint density at radius 3 is 2.90 bits per heavy atom. The summed E-state index contributed by atoms with van der Waals surface area (Å²) < 4.78 is 0. The zero-order valence-corrected chi connectivity index (χ0v) is 13.6. The van der Waals surface area contributed by atoms with E-state index in [1.165, 1.54) is 0 Å². The first kappa shape index (κ1) is 14.8. The SMILES string of the molecule is CC(=O)N1CCc2cc(NC(=O)[C@@H]3CSCCS3)ccc21. The summed E-state index contributed by atoms with van der Waals surface area (Å²) in [6.45, 7) is 2.32. The molecule has 0 aliphatic carbocycles. The van der Waals surface area contributed by atoms with Crippen molar-refractivity contribution < 1.29 is 9.59 Å². The van der Waals surface area contributed by atoms with E-state index in [-0.39, 0.29) is 17.1 Å². The minimum absolute atomic E-state index is 0.0470. The normalized spacial score (nSPS) is 21.0. The summed E-state index contributed by atoms with van der Waals surface area (Å²) in [6.07, 6.45) is 0.854. The minimum atomic E-state index is 0.0470. The van der Waals surface area contributed by atoms with E-state index in [0.29, 0.717) is 0 Å². The average Bonchev–Trinajstić information content (AvgIpc) is 2.91. The molecule has 0 unspecified atom stereocenters. The predicted octanol–water partition coefficient (Wildman–Crippen LogP) is 2.38. The Bertz CT molecular complexity index is 571. The lowest BCUT2D eigenvalue weighted by molar-refractivity contribution is -0.116. The molecule has 1 saturated heterocycles. The lowest BCUT2D eigenvalue weighted by atomic mass is 10.1. The van der Waals surface area contributed by atoms with Crippen molar-refractivity contribution in [3.63, 3.8) is 0 Å². The van der Waals surface area contributed by atoms with Gasteiger partial charge in [-0.15, -0.1) is 11.8 Å². The number of benzene rings is 1. The fraction of sp³-hybridized carbons (Fsp3) is 0.467. The number of nitrogens with one attached hydrogen (secondary N) is 1. The van der Waals surface area contributed by atoms with Gasteiger partial charge in [0.25, 0.3) is 0 Å². The summed E-state index contributed by atoms with van der Waals surface area (Å²) in [7, 11) is 0. The second kappa shape index (κ2) is 6.32. The van der Waals surface area contributed by atoms with Gasteiger partial charge in [-0.2, -0.15) is 11.8 Å². The summed E-state index contributed by atoms with van der Waals surface area (Å²) in [4.78, 5) is 25.5. The molecule has 1 N–H and O–H groups in total. The van der Waals surface area contributed by atoms with Crippen LogP contribution in [-0.4, -0.2) is 40.9 Å². The van der Waals surface area contributed by atoms with Crippen LogP contribution in [0.15, 0.2) is 18.2 Å². The van der Waals surface area contributed by atoms with Gasteiger partial charge in [-0.3, -0.25) is 9.59 Å². The topological polar surface area (TPSA) is 49.4 Å². The van der Waals surface area contributed by atoms with Gasteiger partial charge >= 0.3 is 0 Å². The van der Waals surface area contributed by atoms with Gasteiger partial charge in [0.1, 0.15) is 0 Å². The number of thioether (sulfide) groups is 2. The van der Waals surface area contributed by atoms with Crippen LogP contribution in [0.1, 0.15) is 12.5 Å². The minimum Gasteiger partial charge on any atom is -0.325 e. The second-order valence-electron chi connectivity index (χ2n) is 5.19. The molecular formula is C15H18N2O2S2. The zero-order valence-electron chi connectivity index (χ0n) is 11.9. The molecule has 0 radical (unpaired) electrons. The lowest BCUT2D eigenvalue weighted by Gasteiger charge is -2.20. The number of carbonyl (C=O) groups excluding carboxylic acids is 2. The third kappa shape index (κ3) is 3.21. The zero-order chi connectivity index (χ0) is 14.8. The van der Waals surface area contributed by atoms with E-state index in [9.17, 15) is 9.59 Å². The molecule has 2 aliphatic heterocycles. The monoisotopic (exact) mass is 322 g/mol. The summed E-state index contributed by atoms with van der Waals surface area (Å²) >= 11 is 3.57. The van der Waals surface area contributed by atoms with E-state index in [0.717, 1.165) is 47.2 Å². The van der Waals surface area contributed by atoms with Gasteiger partial charge in [-0.25, -0.2) is 0 Å². The van der Waals surface area contributed by atoms with Crippen LogP contribution >= 0.6 is 23.5 Å². The van der Waals surface area contributed by atoms with Gasteiger partial charge < -0.3 is 10.2 Å². The maximum Gasteiger partial charge on any atom is 0.238 e. The first-order valence-electron chi connectivity index (χ1n) is 7.06. The van der Waals surface area contributed by atoms with Gasteiger partial charge in [0, 0.05) is 42.1 Å². The van der Waals surface area contributed by atoms with Crippen molar-refractivity contribution in [3.8, 4) is 0 Å². The fourth-order valence-electron chi connectivity index (χ4n) is 2.67. The van der Waals surface area contributed by atoms with Gasteiger partial charge in [0.2, 0.25) is 11.8 Å². The van der Waals surface area contributed by atoms with E-state index in [1.54, 1.807) is 23.6 Å². The second-order valence-corrected chi connectivity index (χ2v) is 7.65. The number of fused-ring (bicyclic) bond motifs is 1. The molecule has 1 atom stereocenters. The molecule has 2 amide bonds. The maximum absolute atomic E-state index is 12.2. The van der Waals surface area contributed by atoms with Crippen LogP contribution in [0, 0.1) is 0 Å². The molecule has 0 aromatic heterocycles. The molecule has 0 bridgehead atoms. The van der Waals surface area contributed by atoms with Crippen molar-refractivity contribution in [1.29, 1.82) is 0 Å². The molecule has 1 aromatic carbocycles. The van der Waals surface area contributed by atoms with E-state index in [2.05, 4.69) is 5.32 Å². The Labute approximate surface area is 133 Å². The van der Waals surface area contributed by atoms with Crippen molar-refractivity contribution in [2.45, 2.75) is 18.6 Å². The van der Waals surface area contributed by atoms with E-state index in [1.807, 2.05) is 30.0 Å². The summed E-state index contributed by atoms with van der Waals surface area (Å²) in [6, 6.07) is 5.82. The third-order valence-electron chi connectivity index (χ3n) is 3.73. The highest BCUT2D eigenvalue weighted by Gasteiger charge is 2.24. The van der Waals surface area contributed by atoms with Crippen molar-refractivity contribution in [2.24, 2.45) is 0 Å². The third-order valence-corrected chi connectivity index (χ3v) is 6.49. The molecular weight excluding hydrogens is 304 g/mol. The standard InChI is InChI=1S/C15H18N2O2S2/c1-10(18)17-5-4-11-8-12(2-3-13(11)17)16-15(19)14-9-20-6-7-21-14/h2-3,8,14H,4-7,9H2,1H3,(H,16,19)/t14-/m0/s1. The molecule has 0 saturated carbocycles. The van der Waals surface area contributed by atoms with Crippen molar-refractivity contribution in [2.75, 3.05) is 34.0 Å². The van der Waals surface area contributed by atoms with Gasteiger partial charge in [0.15, 0.2) is 0 Å². The van der Waals surface area contributed by atoms with Crippen LogP contribution in [-0.2, 0) is 16.0 Å². The molecule has 3 rings (SSSR count). The highest BCUT2D eigenvalue weighted by molar-refractivity contribution is 8.07. The van der Waals surface area contributed by atoms with Crippen LogP contribution in [0.4, 0.5) is 11.4 Å². The predicted molar refractivity (Wildman–Crippen MR) is 90.4 cm³/mol. The first-order chi connectivity index (χ1) is 10.1. The molecule has 112 valence electrons. The van der Waals surface area contributed by atoms with E-state index >= 15 is 0 Å². The maximum atomic E-state index is 12.2. The average molecular weight is 322 g/mol. The molecule has 6 heteroatoms. The van der Waals surface area contributed by atoms with Crippen LogP contribution in [0.5, 0.6) is 0 Å². The molecule has 4 nitrogen and oxygen atoms in total. The largest absolute Gasteiger partial charge is 0.325 e. The van der Waals surface area contributed by atoms with Crippen molar-refractivity contribution in [1.82, 2.24) is 0 Å². The van der Waals surface area contributed by atoms with Crippen LogP contribution in [0.3, 0.4) is 0 Å². The summed E-state index contributed by atoms with van der Waals surface area (Å²) in [5.41, 5.74) is 2.94.